The quantitative estimate of drug-likeness (QED) is 0.332. The van der Waals surface area contributed by atoms with Gasteiger partial charge in [0, 0.05) is 25.2 Å². The highest BCUT2D eigenvalue weighted by Crippen LogP contribution is 2.26. The predicted molar refractivity (Wildman–Crippen MR) is 110 cm³/mol. The van der Waals surface area contributed by atoms with Crippen LogP contribution in [0.4, 0.5) is 8.78 Å². The monoisotopic (exact) mass is 434 g/mol. The first-order valence-corrected chi connectivity index (χ1v) is 9.69. The van der Waals surface area contributed by atoms with Gasteiger partial charge < -0.3 is 24.5 Å². The summed E-state index contributed by atoms with van der Waals surface area (Å²) in [6.07, 6.45) is 2.36. The Morgan fingerprint density at radius 3 is 2.81 bits per heavy atom. The zero-order chi connectivity index (χ0) is 22.1. The lowest BCUT2D eigenvalue weighted by Crippen LogP contribution is -2.36. The van der Waals surface area contributed by atoms with Crippen LogP contribution in [0.1, 0.15) is 24.7 Å². The largest absolute Gasteiger partial charge is 0.493 e. The second-order valence-electron chi connectivity index (χ2n) is 6.36. The number of halogens is 2. The SMILES string of the molecule is CCCOc1ccc(CNC(=NC)NCc2nc(-c3ccco3)n[nH]2)c(OC(F)F)c1. The summed E-state index contributed by atoms with van der Waals surface area (Å²) in [5.74, 6) is 2.55. The molecule has 0 saturated heterocycles. The van der Waals surface area contributed by atoms with Gasteiger partial charge in [-0.25, -0.2) is 4.98 Å². The maximum absolute atomic E-state index is 12.8. The van der Waals surface area contributed by atoms with Gasteiger partial charge >= 0.3 is 6.61 Å². The third-order valence-corrected chi connectivity index (χ3v) is 4.09. The van der Waals surface area contributed by atoms with Crippen LogP contribution in [-0.2, 0) is 13.1 Å². The predicted octanol–water partition coefficient (Wildman–Crippen LogP) is 3.32. The van der Waals surface area contributed by atoms with Crippen LogP contribution < -0.4 is 20.1 Å². The van der Waals surface area contributed by atoms with Gasteiger partial charge in [-0.3, -0.25) is 10.1 Å². The van der Waals surface area contributed by atoms with Crippen molar-refractivity contribution in [3.05, 3.63) is 48.0 Å². The van der Waals surface area contributed by atoms with Crippen molar-refractivity contribution in [1.82, 2.24) is 25.8 Å². The van der Waals surface area contributed by atoms with E-state index in [1.165, 1.54) is 6.07 Å². The standard InChI is InChI=1S/C20H24F2N6O3/c1-3-8-29-14-7-6-13(16(10-14)31-19(21)22)11-24-20(23-2)25-12-17-26-18(28-27-17)15-5-4-9-30-15/h4-7,9-10,19H,3,8,11-12H2,1-2H3,(H2,23,24,25)(H,26,27,28). The number of furan rings is 1. The fraction of sp³-hybridized carbons (Fsp3) is 0.350. The van der Waals surface area contributed by atoms with E-state index in [0.717, 1.165) is 6.42 Å². The van der Waals surface area contributed by atoms with E-state index in [-0.39, 0.29) is 12.3 Å². The Morgan fingerprint density at radius 2 is 2.10 bits per heavy atom. The van der Waals surface area contributed by atoms with Crippen LogP contribution in [0.3, 0.4) is 0 Å². The minimum Gasteiger partial charge on any atom is -0.493 e. The maximum atomic E-state index is 12.8. The highest BCUT2D eigenvalue weighted by molar-refractivity contribution is 5.79. The molecule has 0 spiro atoms. The number of nitrogens with one attached hydrogen (secondary N) is 3. The van der Waals surface area contributed by atoms with Crippen molar-refractivity contribution in [2.45, 2.75) is 33.0 Å². The normalized spacial score (nSPS) is 11.6. The lowest BCUT2D eigenvalue weighted by atomic mass is 10.2. The van der Waals surface area contributed by atoms with E-state index in [2.05, 4.69) is 35.5 Å². The number of hydrogen-bond acceptors (Lipinski definition) is 6. The second kappa shape index (κ2) is 11.0. The topological polar surface area (TPSA) is 110 Å². The molecule has 31 heavy (non-hydrogen) atoms. The molecule has 11 heteroatoms. The molecule has 0 saturated carbocycles. The summed E-state index contributed by atoms with van der Waals surface area (Å²) >= 11 is 0. The number of aromatic amines is 1. The Labute approximate surface area is 177 Å². The minimum absolute atomic E-state index is 0.0462. The molecule has 3 rings (SSSR count). The number of ether oxygens (including phenoxy) is 2. The summed E-state index contributed by atoms with van der Waals surface area (Å²) < 4.78 is 41.0. The number of benzene rings is 1. The molecule has 0 unspecified atom stereocenters. The molecule has 9 nitrogen and oxygen atoms in total. The molecule has 0 aliphatic heterocycles. The summed E-state index contributed by atoms with van der Waals surface area (Å²) in [6.45, 7) is 0.0456. The number of aliphatic imine (C=N–C) groups is 1. The van der Waals surface area contributed by atoms with Crippen molar-refractivity contribution in [3.8, 4) is 23.1 Å². The first-order valence-electron chi connectivity index (χ1n) is 9.69. The Kier molecular flexibility index (Phi) is 7.79. The highest BCUT2D eigenvalue weighted by Gasteiger charge is 2.13. The van der Waals surface area contributed by atoms with Gasteiger partial charge in [-0.15, -0.1) is 5.10 Å². The summed E-state index contributed by atoms with van der Waals surface area (Å²) in [7, 11) is 1.60. The average Bonchev–Trinajstić information content (AvgIpc) is 3.45. The Bertz CT molecular complexity index is 975. The molecule has 166 valence electrons. The van der Waals surface area contributed by atoms with Crippen LogP contribution in [0.5, 0.6) is 11.5 Å². The van der Waals surface area contributed by atoms with Crippen molar-refractivity contribution in [3.63, 3.8) is 0 Å². The number of nitrogens with zero attached hydrogens (tertiary/aromatic N) is 3. The molecule has 0 radical (unpaired) electrons. The van der Waals surface area contributed by atoms with Crippen molar-refractivity contribution in [2.24, 2.45) is 4.99 Å². The van der Waals surface area contributed by atoms with Gasteiger partial charge in [0.05, 0.1) is 19.4 Å². The van der Waals surface area contributed by atoms with Crippen LogP contribution >= 0.6 is 0 Å². The van der Waals surface area contributed by atoms with E-state index < -0.39 is 6.61 Å². The zero-order valence-electron chi connectivity index (χ0n) is 17.2. The van der Waals surface area contributed by atoms with Crippen LogP contribution in [0.15, 0.2) is 46.0 Å². The summed E-state index contributed by atoms with van der Waals surface area (Å²) in [5, 5.41) is 13.0. The molecular weight excluding hydrogens is 410 g/mol. The molecule has 0 amide bonds. The molecule has 2 aromatic heterocycles. The number of aromatic nitrogens is 3. The Balaban J connectivity index is 1.58. The van der Waals surface area contributed by atoms with Gasteiger partial charge in [-0.05, 0) is 30.7 Å². The van der Waals surface area contributed by atoms with E-state index in [0.29, 0.717) is 47.8 Å². The van der Waals surface area contributed by atoms with Crippen molar-refractivity contribution >= 4 is 5.96 Å². The summed E-state index contributed by atoms with van der Waals surface area (Å²) in [6, 6.07) is 8.36. The Morgan fingerprint density at radius 1 is 1.26 bits per heavy atom. The van der Waals surface area contributed by atoms with Crippen LogP contribution in [0.2, 0.25) is 0 Å². The third kappa shape index (κ3) is 6.43. The van der Waals surface area contributed by atoms with Crippen LogP contribution in [0, 0.1) is 0 Å². The van der Waals surface area contributed by atoms with E-state index in [4.69, 9.17) is 9.15 Å². The molecule has 1 aromatic carbocycles. The van der Waals surface area contributed by atoms with E-state index in [9.17, 15) is 8.78 Å². The van der Waals surface area contributed by atoms with Crippen molar-refractivity contribution in [1.29, 1.82) is 0 Å². The molecule has 0 aliphatic carbocycles. The van der Waals surface area contributed by atoms with Gasteiger partial charge in [-0.1, -0.05) is 6.92 Å². The van der Waals surface area contributed by atoms with Gasteiger partial charge in [0.1, 0.15) is 17.3 Å². The molecule has 0 atom stereocenters. The Hall–Kier alpha value is -3.63. The fourth-order valence-electron chi connectivity index (χ4n) is 2.65. The van der Waals surface area contributed by atoms with Gasteiger partial charge in [0.2, 0.25) is 5.82 Å². The number of rotatable bonds is 10. The molecule has 0 aliphatic rings. The molecular formula is C20H24F2N6O3. The average molecular weight is 434 g/mol. The molecule has 2 heterocycles. The summed E-state index contributed by atoms with van der Waals surface area (Å²) in [4.78, 5) is 8.46. The van der Waals surface area contributed by atoms with Gasteiger partial charge in [-0.2, -0.15) is 8.78 Å². The van der Waals surface area contributed by atoms with Crippen LogP contribution in [0.25, 0.3) is 11.6 Å². The molecule has 0 bridgehead atoms. The van der Waals surface area contributed by atoms with E-state index in [1.54, 1.807) is 37.6 Å². The lowest BCUT2D eigenvalue weighted by Gasteiger charge is -2.15. The second-order valence-corrected chi connectivity index (χ2v) is 6.36. The zero-order valence-corrected chi connectivity index (χ0v) is 17.2. The molecule has 3 N–H and O–H groups in total. The van der Waals surface area contributed by atoms with E-state index in [1.807, 2.05) is 6.92 Å². The summed E-state index contributed by atoms with van der Waals surface area (Å²) in [5.41, 5.74) is 0.534. The van der Waals surface area contributed by atoms with Gasteiger partial charge in [0.25, 0.3) is 0 Å². The number of H-pyrrole nitrogens is 1. The number of alkyl halides is 2. The molecule has 0 fully saturated rings. The minimum atomic E-state index is -2.94. The van der Waals surface area contributed by atoms with Crippen molar-refractivity contribution < 1.29 is 22.7 Å². The lowest BCUT2D eigenvalue weighted by molar-refractivity contribution is -0.0505. The number of guanidine groups is 1. The highest BCUT2D eigenvalue weighted by atomic mass is 19.3. The first-order chi connectivity index (χ1) is 15.1. The van der Waals surface area contributed by atoms with E-state index >= 15 is 0 Å². The van der Waals surface area contributed by atoms with Crippen LogP contribution in [-0.4, -0.2) is 41.4 Å². The number of hydrogen-bond donors (Lipinski definition) is 3. The van der Waals surface area contributed by atoms with Gasteiger partial charge in [0.15, 0.2) is 11.7 Å². The molecule has 3 aromatic rings. The maximum Gasteiger partial charge on any atom is 0.387 e. The van der Waals surface area contributed by atoms with Crippen molar-refractivity contribution in [2.75, 3.05) is 13.7 Å². The fourth-order valence-corrected chi connectivity index (χ4v) is 2.65. The smallest absolute Gasteiger partial charge is 0.387 e. The third-order valence-electron chi connectivity index (χ3n) is 4.09. The first kappa shape index (κ1) is 22.1.